The van der Waals surface area contributed by atoms with E-state index >= 15 is 0 Å². The molecule has 1 fully saturated rings. The molecule has 21 heavy (non-hydrogen) atoms. The summed E-state index contributed by atoms with van der Waals surface area (Å²) >= 11 is 0. The highest BCUT2D eigenvalue weighted by molar-refractivity contribution is 5.80. The number of nitrogens with two attached hydrogens (primary N) is 1. The Kier molecular flexibility index (Phi) is 5.80. The first-order valence-electron chi connectivity index (χ1n) is 8.19. The molecule has 116 valence electrons. The number of rotatable bonds is 4. The van der Waals surface area contributed by atoms with Crippen molar-refractivity contribution in [3.63, 3.8) is 0 Å². The maximum absolute atomic E-state index is 13.0. The van der Waals surface area contributed by atoms with Gasteiger partial charge in [-0.3, -0.25) is 4.79 Å². The molecule has 0 spiro atoms. The predicted molar refractivity (Wildman–Crippen MR) is 86.7 cm³/mol. The molecule has 2 rings (SSSR count). The number of benzene rings is 1. The lowest BCUT2D eigenvalue weighted by Crippen LogP contribution is -2.46. The lowest BCUT2D eigenvalue weighted by Gasteiger charge is -2.32. The van der Waals surface area contributed by atoms with Crippen LogP contribution in [0.2, 0.25) is 0 Å². The van der Waals surface area contributed by atoms with Crippen LogP contribution in [0, 0.1) is 5.92 Å². The molecule has 0 heterocycles. The van der Waals surface area contributed by atoms with Gasteiger partial charge in [0.25, 0.3) is 0 Å². The molecule has 0 aliphatic heterocycles. The minimum Gasteiger partial charge on any atom is -0.336 e. The first-order valence-corrected chi connectivity index (χ1v) is 8.19. The molecule has 0 saturated heterocycles. The van der Waals surface area contributed by atoms with Crippen molar-refractivity contribution in [1.29, 1.82) is 0 Å². The number of carbonyl (C=O) groups excluding carboxylic acids is 1. The molecule has 1 saturated carbocycles. The molecular weight excluding hydrogens is 260 g/mol. The fourth-order valence-electron chi connectivity index (χ4n) is 3.15. The molecule has 1 aliphatic rings. The smallest absolute Gasteiger partial charge is 0.227 e. The van der Waals surface area contributed by atoms with Crippen LogP contribution >= 0.6 is 0 Å². The average molecular weight is 288 g/mol. The zero-order valence-corrected chi connectivity index (χ0v) is 13.3. The van der Waals surface area contributed by atoms with Gasteiger partial charge in [0.05, 0.1) is 5.92 Å². The summed E-state index contributed by atoms with van der Waals surface area (Å²) in [5.41, 5.74) is 7.45. The largest absolute Gasteiger partial charge is 0.336 e. The molecule has 1 aromatic rings. The first-order chi connectivity index (χ1) is 10.1. The van der Waals surface area contributed by atoms with Crippen molar-refractivity contribution in [2.45, 2.75) is 64.6 Å². The van der Waals surface area contributed by atoms with Gasteiger partial charge in [-0.15, -0.1) is 0 Å². The summed E-state index contributed by atoms with van der Waals surface area (Å²) in [6.45, 7) is 4.85. The summed E-state index contributed by atoms with van der Waals surface area (Å²) in [6.07, 6.45) is 5.41. The third kappa shape index (κ3) is 4.31. The number of amides is 1. The fourth-order valence-corrected chi connectivity index (χ4v) is 3.15. The van der Waals surface area contributed by atoms with Crippen LogP contribution in [0.4, 0.5) is 0 Å². The Balaban J connectivity index is 2.11. The third-order valence-electron chi connectivity index (χ3n) is 4.49. The van der Waals surface area contributed by atoms with Gasteiger partial charge in [-0.25, -0.2) is 0 Å². The summed E-state index contributed by atoms with van der Waals surface area (Å²) in [7, 11) is 0. The molecule has 1 aliphatic carbocycles. The highest BCUT2D eigenvalue weighted by atomic mass is 16.2. The fraction of sp³-hybridized carbons (Fsp3) is 0.611. The highest BCUT2D eigenvalue weighted by Gasteiger charge is 2.31. The molecule has 0 radical (unpaired) electrons. The second-order valence-electron chi connectivity index (χ2n) is 6.45. The summed E-state index contributed by atoms with van der Waals surface area (Å²) in [6, 6.07) is 10.4. The minimum atomic E-state index is -0.00128. The lowest BCUT2D eigenvalue weighted by molar-refractivity contribution is -0.138. The van der Waals surface area contributed by atoms with Crippen LogP contribution in [0.3, 0.4) is 0 Å². The predicted octanol–water partition coefficient (Wildman–Crippen LogP) is 3.33. The van der Waals surface area contributed by atoms with E-state index in [-0.39, 0.29) is 23.9 Å². The van der Waals surface area contributed by atoms with Gasteiger partial charge in [0.15, 0.2) is 0 Å². The van der Waals surface area contributed by atoms with E-state index in [0.717, 1.165) is 25.7 Å². The van der Waals surface area contributed by atoms with Crippen LogP contribution in [0.5, 0.6) is 0 Å². The van der Waals surface area contributed by atoms with Crippen LogP contribution in [0.25, 0.3) is 0 Å². The lowest BCUT2D eigenvalue weighted by atomic mass is 9.93. The zero-order chi connectivity index (χ0) is 15.2. The van der Waals surface area contributed by atoms with E-state index in [0.29, 0.717) is 6.54 Å². The summed E-state index contributed by atoms with van der Waals surface area (Å²) < 4.78 is 0. The second-order valence-corrected chi connectivity index (χ2v) is 6.45. The maximum atomic E-state index is 13.0. The van der Waals surface area contributed by atoms with E-state index in [4.69, 9.17) is 5.73 Å². The molecule has 3 nitrogen and oxygen atoms in total. The molecule has 0 aromatic heterocycles. The topological polar surface area (TPSA) is 46.3 Å². The molecule has 2 N–H and O–H groups in total. The SMILES string of the molecule is CC(C)N(Cc1ccccc1)C(=O)C1CCCCCC1N. The Hall–Kier alpha value is -1.35. The van der Waals surface area contributed by atoms with Crippen molar-refractivity contribution in [3.8, 4) is 0 Å². The second kappa shape index (κ2) is 7.60. The molecule has 3 heteroatoms. The van der Waals surface area contributed by atoms with Crippen molar-refractivity contribution in [2.24, 2.45) is 11.7 Å². The van der Waals surface area contributed by atoms with Gasteiger partial charge in [0, 0.05) is 18.6 Å². The summed E-state index contributed by atoms with van der Waals surface area (Å²) in [5, 5.41) is 0. The van der Waals surface area contributed by atoms with Crippen molar-refractivity contribution in [2.75, 3.05) is 0 Å². The highest BCUT2D eigenvalue weighted by Crippen LogP contribution is 2.25. The molecule has 0 bridgehead atoms. The zero-order valence-electron chi connectivity index (χ0n) is 13.3. The Morgan fingerprint density at radius 3 is 2.52 bits per heavy atom. The molecule has 2 atom stereocenters. The number of hydrogen-bond donors (Lipinski definition) is 1. The van der Waals surface area contributed by atoms with Crippen LogP contribution in [-0.4, -0.2) is 22.9 Å². The van der Waals surface area contributed by atoms with Gasteiger partial charge < -0.3 is 10.6 Å². The molecule has 1 amide bonds. The third-order valence-corrected chi connectivity index (χ3v) is 4.49. The standard InChI is InChI=1S/C18H28N2O/c1-14(2)20(13-15-9-5-3-6-10-15)18(21)16-11-7-4-8-12-17(16)19/h3,5-6,9-10,14,16-17H,4,7-8,11-13,19H2,1-2H3. The van der Waals surface area contributed by atoms with Gasteiger partial charge in [0.2, 0.25) is 5.91 Å². The van der Waals surface area contributed by atoms with Gasteiger partial charge in [-0.1, -0.05) is 49.6 Å². The number of carbonyl (C=O) groups is 1. The van der Waals surface area contributed by atoms with Crippen LogP contribution in [0.15, 0.2) is 30.3 Å². The van der Waals surface area contributed by atoms with E-state index in [1.165, 1.54) is 12.0 Å². The number of nitrogens with zero attached hydrogens (tertiary/aromatic N) is 1. The Bertz CT molecular complexity index is 444. The van der Waals surface area contributed by atoms with Crippen molar-refractivity contribution in [3.05, 3.63) is 35.9 Å². The molecular formula is C18H28N2O. The average Bonchev–Trinajstić information content (AvgIpc) is 2.69. The maximum Gasteiger partial charge on any atom is 0.227 e. The minimum absolute atomic E-state index is 0.00128. The monoisotopic (exact) mass is 288 g/mol. The van der Waals surface area contributed by atoms with E-state index in [1.54, 1.807) is 0 Å². The van der Waals surface area contributed by atoms with Crippen molar-refractivity contribution >= 4 is 5.91 Å². The number of hydrogen-bond acceptors (Lipinski definition) is 2. The molecule has 1 aromatic carbocycles. The Morgan fingerprint density at radius 2 is 1.86 bits per heavy atom. The molecule has 2 unspecified atom stereocenters. The van der Waals surface area contributed by atoms with Crippen molar-refractivity contribution in [1.82, 2.24) is 4.90 Å². The van der Waals surface area contributed by atoms with Gasteiger partial charge in [0.1, 0.15) is 0 Å². The van der Waals surface area contributed by atoms with E-state index in [2.05, 4.69) is 26.0 Å². The normalized spacial score (nSPS) is 22.9. The Morgan fingerprint density at radius 1 is 1.19 bits per heavy atom. The van der Waals surface area contributed by atoms with Crippen LogP contribution in [-0.2, 0) is 11.3 Å². The van der Waals surface area contributed by atoms with Crippen LogP contribution < -0.4 is 5.73 Å². The quantitative estimate of drug-likeness (QED) is 0.864. The summed E-state index contributed by atoms with van der Waals surface area (Å²) in [5.74, 6) is 0.238. The Labute approximate surface area is 128 Å². The van der Waals surface area contributed by atoms with Crippen LogP contribution in [0.1, 0.15) is 51.5 Å². The van der Waals surface area contributed by atoms with E-state index in [9.17, 15) is 4.79 Å². The van der Waals surface area contributed by atoms with Gasteiger partial charge in [-0.2, -0.15) is 0 Å². The van der Waals surface area contributed by atoms with Crippen molar-refractivity contribution < 1.29 is 4.79 Å². The summed E-state index contributed by atoms with van der Waals surface area (Å²) in [4.78, 5) is 14.9. The first kappa shape index (κ1) is 16.0. The van der Waals surface area contributed by atoms with Gasteiger partial charge >= 0.3 is 0 Å². The van der Waals surface area contributed by atoms with E-state index in [1.807, 2.05) is 23.1 Å². The van der Waals surface area contributed by atoms with E-state index < -0.39 is 0 Å². The van der Waals surface area contributed by atoms with Gasteiger partial charge in [-0.05, 0) is 32.3 Å².